The van der Waals surface area contributed by atoms with E-state index in [2.05, 4.69) is 6.92 Å². The lowest BCUT2D eigenvalue weighted by molar-refractivity contribution is -0.0187. The third-order valence-corrected chi connectivity index (χ3v) is 4.17. The lowest BCUT2D eigenvalue weighted by Crippen LogP contribution is -2.32. The molecule has 0 aromatic heterocycles. The zero-order valence-electron chi connectivity index (χ0n) is 11.1. The van der Waals surface area contributed by atoms with Gasteiger partial charge < -0.3 is 5.11 Å². The van der Waals surface area contributed by atoms with Crippen LogP contribution in [0.2, 0.25) is 0 Å². The third kappa shape index (κ3) is 2.78. The Morgan fingerprint density at radius 3 is 2.37 bits per heavy atom. The molecule has 1 saturated carbocycles. The van der Waals surface area contributed by atoms with Crippen LogP contribution in [0.15, 0.2) is 12.1 Å². The quantitative estimate of drug-likeness (QED) is 0.814. The summed E-state index contributed by atoms with van der Waals surface area (Å²) in [6.45, 7) is 2.11. The van der Waals surface area contributed by atoms with Crippen LogP contribution in [0.3, 0.4) is 0 Å². The number of halogens is 3. The van der Waals surface area contributed by atoms with Crippen LogP contribution < -0.4 is 0 Å². The van der Waals surface area contributed by atoms with Crippen molar-refractivity contribution in [1.29, 1.82) is 0 Å². The van der Waals surface area contributed by atoms with E-state index >= 15 is 0 Å². The first-order valence-corrected chi connectivity index (χ1v) is 6.84. The summed E-state index contributed by atoms with van der Waals surface area (Å²) >= 11 is 0. The lowest BCUT2D eigenvalue weighted by Gasteiger charge is -2.36. The molecule has 2 rings (SSSR count). The van der Waals surface area contributed by atoms with Crippen molar-refractivity contribution in [2.45, 2.75) is 51.0 Å². The van der Waals surface area contributed by atoms with Crippen LogP contribution in [0.25, 0.3) is 0 Å². The molecular formula is C15H19F3O. The number of benzene rings is 1. The summed E-state index contributed by atoms with van der Waals surface area (Å²) in [5.74, 6) is -3.43. The van der Waals surface area contributed by atoms with Crippen LogP contribution in [-0.2, 0) is 5.60 Å². The Bertz CT molecular complexity index is 451. The maximum atomic E-state index is 13.8. The molecule has 0 radical (unpaired) electrons. The van der Waals surface area contributed by atoms with Gasteiger partial charge in [0.2, 0.25) is 0 Å². The molecule has 19 heavy (non-hydrogen) atoms. The molecule has 1 aliphatic rings. The molecule has 0 unspecified atom stereocenters. The van der Waals surface area contributed by atoms with Crippen LogP contribution in [0.5, 0.6) is 0 Å². The summed E-state index contributed by atoms with van der Waals surface area (Å²) in [5, 5.41) is 10.5. The topological polar surface area (TPSA) is 20.2 Å². The van der Waals surface area contributed by atoms with E-state index in [9.17, 15) is 18.3 Å². The number of hydrogen-bond acceptors (Lipinski definition) is 1. The second-order valence-electron chi connectivity index (χ2n) is 5.49. The second-order valence-corrected chi connectivity index (χ2v) is 5.49. The Balaban J connectivity index is 2.20. The highest BCUT2D eigenvalue weighted by atomic mass is 19.2. The van der Waals surface area contributed by atoms with Crippen molar-refractivity contribution in [3.8, 4) is 0 Å². The highest BCUT2D eigenvalue weighted by Crippen LogP contribution is 2.42. The number of hydrogen-bond donors (Lipinski definition) is 1. The maximum Gasteiger partial charge on any atom is 0.194 e. The van der Waals surface area contributed by atoms with E-state index in [1.54, 1.807) is 0 Å². The van der Waals surface area contributed by atoms with Gasteiger partial charge in [0, 0.05) is 5.56 Å². The maximum absolute atomic E-state index is 13.8. The van der Waals surface area contributed by atoms with Crippen molar-refractivity contribution in [2.75, 3.05) is 0 Å². The zero-order chi connectivity index (χ0) is 14.0. The SMILES string of the molecule is CCCC1CCC(O)(c2ccc(F)c(F)c2F)CC1. The van der Waals surface area contributed by atoms with E-state index in [0.29, 0.717) is 18.8 Å². The van der Waals surface area contributed by atoms with Gasteiger partial charge in [0.05, 0.1) is 5.60 Å². The smallest absolute Gasteiger partial charge is 0.194 e. The van der Waals surface area contributed by atoms with Crippen LogP contribution in [0, 0.1) is 23.4 Å². The summed E-state index contributed by atoms with van der Waals surface area (Å²) in [4.78, 5) is 0. The van der Waals surface area contributed by atoms with E-state index in [4.69, 9.17) is 0 Å². The third-order valence-electron chi connectivity index (χ3n) is 4.17. The van der Waals surface area contributed by atoms with E-state index in [-0.39, 0.29) is 5.56 Å². The zero-order valence-corrected chi connectivity index (χ0v) is 11.1. The van der Waals surface area contributed by atoms with Crippen molar-refractivity contribution < 1.29 is 18.3 Å². The van der Waals surface area contributed by atoms with E-state index in [1.807, 2.05) is 0 Å². The number of aliphatic hydroxyl groups is 1. The first-order valence-electron chi connectivity index (χ1n) is 6.84. The summed E-state index contributed by atoms with van der Waals surface area (Å²) in [6, 6.07) is 2.04. The fourth-order valence-electron chi connectivity index (χ4n) is 3.01. The molecule has 0 atom stereocenters. The summed E-state index contributed by atoms with van der Waals surface area (Å²) in [5.41, 5.74) is -1.47. The molecule has 1 N–H and O–H groups in total. The van der Waals surface area contributed by atoms with Crippen molar-refractivity contribution in [3.63, 3.8) is 0 Å². The standard InChI is InChI=1S/C15H19F3O/c1-2-3-10-6-8-15(19,9-7-10)11-4-5-12(16)14(18)13(11)17/h4-5,10,19H,2-3,6-9H2,1H3. The molecule has 0 spiro atoms. The normalized spacial score (nSPS) is 27.5. The average Bonchev–Trinajstić information content (AvgIpc) is 2.39. The molecular weight excluding hydrogens is 253 g/mol. The van der Waals surface area contributed by atoms with Gasteiger partial charge in [-0.25, -0.2) is 13.2 Å². The van der Waals surface area contributed by atoms with Gasteiger partial charge in [-0.15, -0.1) is 0 Å². The lowest BCUT2D eigenvalue weighted by atomic mass is 9.74. The largest absolute Gasteiger partial charge is 0.385 e. The first-order chi connectivity index (χ1) is 8.98. The molecule has 1 aromatic carbocycles. The molecule has 1 aliphatic carbocycles. The molecule has 0 heterocycles. The predicted molar refractivity (Wildman–Crippen MR) is 67.1 cm³/mol. The molecule has 1 aromatic rings. The van der Waals surface area contributed by atoms with Gasteiger partial charge in [0.25, 0.3) is 0 Å². The average molecular weight is 272 g/mol. The van der Waals surface area contributed by atoms with Crippen LogP contribution >= 0.6 is 0 Å². The summed E-state index contributed by atoms with van der Waals surface area (Å²) in [7, 11) is 0. The van der Waals surface area contributed by atoms with Gasteiger partial charge >= 0.3 is 0 Å². The van der Waals surface area contributed by atoms with Crippen molar-refractivity contribution in [1.82, 2.24) is 0 Å². The first kappa shape index (κ1) is 14.4. The Labute approximate surface area is 111 Å². The van der Waals surface area contributed by atoms with Crippen LogP contribution in [0.1, 0.15) is 51.0 Å². The Morgan fingerprint density at radius 1 is 1.16 bits per heavy atom. The van der Waals surface area contributed by atoms with Crippen molar-refractivity contribution >= 4 is 0 Å². The Kier molecular flexibility index (Phi) is 4.19. The van der Waals surface area contributed by atoms with Crippen molar-refractivity contribution in [3.05, 3.63) is 35.1 Å². The fourth-order valence-corrected chi connectivity index (χ4v) is 3.01. The minimum atomic E-state index is -1.50. The summed E-state index contributed by atoms with van der Waals surface area (Å²) in [6.07, 6.45) is 4.57. The molecule has 0 aliphatic heterocycles. The second kappa shape index (κ2) is 5.53. The van der Waals surface area contributed by atoms with Gasteiger partial charge in [0.15, 0.2) is 17.5 Å². The molecule has 1 fully saturated rings. The van der Waals surface area contributed by atoms with Gasteiger partial charge in [0.1, 0.15) is 0 Å². The molecule has 106 valence electrons. The van der Waals surface area contributed by atoms with Crippen molar-refractivity contribution in [2.24, 2.45) is 5.92 Å². The molecule has 0 amide bonds. The van der Waals surface area contributed by atoms with E-state index in [1.165, 1.54) is 0 Å². The van der Waals surface area contributed by atoms with Gasteiger partial charge in [-0.1, -0.05) is 25.8 Å². The predicted octanol–water partition coefficient (Wildman–Crippen LogP) is 4.28. The van der Waals surface area contributed by atoms with Gasteiger partial charge in [-0.05, 0) is 37.7 Å². The number of rotatable bonds is 3. The van der Waals surface area contributed by atoms with E-state index < -0.39 is 23.1 Å². The summed E-state index contributed by atoms with van der Waals surface area (Å²) < 4.78 is 39.9. The minimum absolute atomic E-state index is 0.110. The molecule has 0 bridgehead atoms. The highest BCUT2D eigenvalue weighted by Gasteiger charge is 2.37. The van der Waals surface area contributed by atoms with Crippen LogP contribution in [0.4, 0.5) is 13.2 Å². The van der Waals surface area contributed by atoms with Crippen LogP contribution in [-0.4, -0.2) is 5.11 Å². The molecule has 0 saturated heterocycles. The Morgan fingerprint density at radius 2 is 1.79 bits per heavy atom. The fraction of sp³-hybridized carbons (Fsp3) is 0.600. The van der Waals surface area contributed by atoms with Gasteiger partial charge in [-0.2, -0.15) is 0 Å². The highest BCUT2D eigenvalue weighted by molar-refractivity contribution is 5.26. The van der Waals surface area contributed by atoms with E-state index in [0.717, 1.165) is 37.8 Å². The molecule has 1 nitrogen and oxygen atoms in total. The Hall–Kier alpha value is -1.03. The molecule has 4 heteroatoms. The monoisotopic (exact) mass is 272 g/mol. The van der Waals surface area contributed by atoms with Gasteiger partial charge in [-0.3, -0.25) is 0 Å². The minimum Gasteiger partial charge on any atom is -0.385 e.